The van der Waals surface area contributed by atoms with Gasteiger partial charge >= 0.3 is 11.8 Å². The van der Waals surface area contributed by atoms with Crippen molar-refractivity contribution in [3.63, 3.8) is 0 Å². The predicted octanol–water partition coefficient (Wildman–Crippen LogP) is 0.928. The van der Waals surface area contributed by atoms with Gasteiger partial charge in [0.05, 0.1) is 19.6 Å². The Kier molecular flexibility index (Phi) is 7.28. The first kappa shape index (κ1) is 19.6. The van der Waals surface area contributed by atoms with Crippen LogP contribution in [0, 0.1) is 0 Å². The van der Waals surface area contributed by atoms with Crippen molar-refractivity contribution in [1.29, 1.82) is 0 Å². The van der Waals surface area contributed by atoms with E-state index in [-0.39, 0.29) is 12.3 Å². The fraction of sp³-hybridized carbons (Fsp3) is 0.444. The van der Waals surface area contributed by atoms with Gasteiger partial charge < -0.3 is 15.0 Å². The monoisotopic (exact) mass is 360 g/mol. The van der Waals surface area contributed by atoms with Crippen molar-refractivity contribution in [2.24, 2.45) is 5.10 Å². The number of hydrazone groups is 1. The van der Waals surface area contributed by atoms with Gasteiger partial charge in [0, 0.05) is 24.5 Å². The molecule has 1 aromatic carbocycles. The summed E-state index contributed by atoms with van der Waals surface area (Å²) in [6.07, 6.45) is 0.827. The van der Waals surface area contributed by atoms with Gasteiger partial charge in [0.1, 0.15) is 0 Å². The number of carbonyl (C=O) groups excluding carboxylic acids is 3. The summed E-state index contributed by atoms with van der Waals surface area (Å²) in [7, 11) is 0. The molecule has 1 aromatic rings. The number of para-hydroxylation sites is 1. The number of nitrogens with one attached hydrogen (secondary N) is 2. The normalized spacial score (nSPS) is 14.7. The van der Waals surface area contributed by atoms with Crippen molar-refractivity contribution >= 4 is 29.1 Å². The molecule has 0 radical (unpaired) electrons. The van der Waals surface area contributed by atoms with Gasteiger partial charge in [0.15, 0.2) is 0 Å². The van der Waals surface area contributed by atoms with Crippen LogP contribution in [0.1, 0.15) is 25.8 Å². The number of morpholine rings is 1. The maximum absolute atomic E-state index is 12.1. The van der Waals surface area contributed by atoms with E-state index in [9.17, 15) is 14.4 Å². The second kappa shape index (κ2) is 9.67. The summed E-state index contributed by atoms with van der Waals surface area (Å²) in [5.74, 6) is -1.70. The molecule has 0 aliphatic carbocycles. The Balaban J connectivity index is 1.84. The number of carbonyl (C=O) groups is 3. The zero-order valence-electron chi connectivity index (χ0n) is 15.1. The van der Waals surface area contributed by atoms with Crippen molar-refractivity contribution in [2.45, 2.75) is 26.7 Å². The zero-order chi connectivity index (χ0) is 18.9. The number of amides is 3. The van der Waals surface area contributed by atoms with E-state index in [2.05, 4.69) is 15.8 Å². The minimum Gasteiger partial charge on any atom is -0.378 e. The molecule has 26 heavy (non-hydrogen) atoms. The number of anilines is 1. The van der Waals surface area contributed by atoms with Gasteiger partial charge in [-0.3, -0.25) is 14.4 Å². The predicted molar refractivity (Wildman–Crippen MR) is 97.7 cm³/mol. The Morgan fingerprint density at radius 3 is 2.58 bits per heavy atom. The van der Waals surface area contributed by atoms with Crippen LogP contribution in [0.2, 0.25) is 0 Å². The lowest BCUT2D eigenvalue weighted by molar-refractivity contribution is -0.148. The van der Waals surface area contributed by atoms with Crippen LogP contribution in [0.25, 0.3) is 0 Å². The van der Waals surface area contributed by atoms with Gasteiger partial charge in [-0.2, -0.15) is 5.10 Å². The van der Waals surface area contributed by atoms with E-state index in [0.717, 1.165) is 17.7 Å². The molecule has 1 saturated heterocycles. The molecule has 0 saturated carbocycles. The van der Waals surface area contributed by atoms with E-state index < -0.39 is 11.8 Å². The van der Waals surface area contributed by atoms with Crippen molar-refractivity contribution < 1.29 is 19.1 Å². The number of hydrogen-bond donors (Lipinski definition) is 2. The Hall–Kier alpha value is -2.74. The molecule has 1 heterocycles. The van der Waals surface area contributed by atoms with Crippen molar-refractivity contribution in [3.8, 4) is 0 Å². The van der Waals surface area contributed by atoms with E-state index in [1.165, 1.54) is 4.90 Å². The second-order valence-electron chi connectivity index (χ2n) is 5.93. The van der Waals surface area contributed by atoms with Crippen LogP contribution in [-0.2, 0) is 25.5 Å². The van der Waals surface area contributed by atoms with Gasteiger partial charge in [0.2, 0.25) is 5.91 Å². The topological polar surface area (TPSA) is 100 Å². The number of ether oxygens (including phenoxy) is 1. The SMILES string of the molecule is CCc1ccccc1NC(=O)CC(C)=NNC(=O)C(=O)N1CCOCC1. The maximum Gasteiger partial charge on any atom is 0.329 e. The molecule has 2 N–H and O–H groups in total. The highest BCUT2D eigenvalue weighted by Gasteiger charge is 2.23. The largest absolute Gasteiger partial charge is 0.378 e. The first-order chi connectivity index (χ1) is 12.5. The minimum atomic E-state index is -0.817. The number of benzene rings is 1. The third kappa shape index (κ3) is 5.66. The summed E-state index contributed by atoms with van der Waals surface area (Å²) >= 11 is 0. The van der Waals surface area contributed by atoms with E-state index in [4.69, 9.17) is 4.74 Å². The lowest BCUT2D eigenvalue weighted by Crippen LogP contribution is -2.47. The number of aryl methyl sites for hydroxylation is 1. The molecular formula is C18H24N4O4. The summed E-state index contributed by atoms with van der Waals surface area (Å²) in [4.78, 5) is 37.3. The highest BCUT2D eigenvalue weighted by molar-refractivity contribution is 6.35. The van der Waals surface area contributed by atoms with Gasteiger partial charge in [-0.25, -0.2) is 5.43 Å². The van der Waals surface area contributed by atoms with E-state index >= 15 is 0 Å². The number of nitrogens with zero attached hydrogens (tertiary/aromatic N) is 2. The van der Waals surface area contributed by atoms with E-state index in [0.29, 0.717) is 32.0 Å². The molecule has 1 aliphatic rings. The van der Waals surface area contributed by atoms with Crippen LogP contribution in [0.15, 0.2) is 29.4 Å². The summed E-state index contributed by atoms with van der Waals surface area (Å²) in [6, 6.07) is 7.56. The molecule has 2 rings (SSSR count). The molecule has 140 valence electrons. The Morgan fingerprint density at radius 2 is 1.88 bits per heavy atom. The van der Waals surface area contributed by atoms with E-state index in [1.807, 2.05) is 31.2 Å². The summed E-state index contributed by atoms with van der Waals surface area (Å²) < 4.78 is 5.14. The van der Waals surface area contributed by atoms with E-state index in [1.54, 1.807) is 6.92 Å². The first-order valence-corrected chi connectivity index (χ1v) is 8.59. The Labute approximate surface area is 152 Å². The molecule has 0 aromatic heterocycles. The van der Waals surface area contributed by atoms with Crippen molar-refractivity contribution in [3.05, 3.63) is 29.8 Å². The minimum absolute atomic E-state index is 0.0179. The van der Waals surface area contributed by atoms with Crippen LogP contribution in [-0.4, -0.2) is 54.6 Å². The zero-order valence-corrected chi connectivity index (χ0v) is 15.1. The van der Waals surface area contributed by atoms with Gasteiger partial charge in [0.25, 0.3) is 0 Å². The molecule has 1 aliphatic heterocycles. The lowest BCUT2D eigenvalue weighted by atomic mass is 10.1. The standard InChI is InChI=1S/C18H24N4O4/c1-3-14-6-4-5-7-15(14)19-16(23)12-13(2)20-21-17(24)18(25)22-8-10-26-11-9-22/h4-7H,3,8-12H2,1-2H3,(H,19,23)(H,21,24). The molecular weight excluding hydrogens is 336 g/mol. The highest BCUT2D eigenvalue weighted by Crippen LogP contribution is 2.15. The third-order valence-electron chi connectivity index (χ3n) is 3.93. The average Bonchev–Trinajstić information content (AvgIpc) is 2.66. The highest BCUT2D eigenvalue weighted by atomic mass is 16.5. The quantitative estimate of drug-likeness (QED) is 0.463. The van der Waals surface area contributed by atoms with Crippen molar-refractivity contribution in [1.82, 2.24) is 10.3 Å². The van der Waals surface area contributed by atoms with Crippen LogP contribution >= 0.6 is 0 Å². The maximum atomic E-state index is 12.1. The number of rotatable bonds is 5. The summed E-state index contributed by atoms with van der Waals surface area (Å²) in [5, 5.41) is 6.67. The lowest BCUT2D eigenvalue weighted by Gasteiger charge is -2.25. The Bertz CT molecular complexity index is 696. The van der Waals surface area contributed by atoms with Crippen LogP contribution in [0.5, 0.6) is 0 Å². The molecule has 0 spiro atoms. The molecule has 1 fully saturated rings. The molecule has 0 unspecified atom stereocenters. The second-order valence-corrected chi connectivity index (χ2v) is 5.93. The molecule has 8 heteroatoms. The first-order valence-electron chi connectivity index (χ1n) is 8.59. The molecule has 0 atom stereocenters. The smallest absolute Gasteiger partial charge is 0.329 e. The molecule has 3 amide bonds. The van der Waals surface area contributed by atoms with Gasteiger partial charge in [-0.15, -0.1) is 0 Å². The van der Waals surface area contributed by atoms with Crippen LogP contribution < -0.4 is 10.7 Å². The molecule has 0 bridgehead atoms. The van der Waals surface area contributed by atoms with Crippen LogP contribution in [0.4, 0.5) is 5.69 Å². The number of hydrogen-bond acceptors (Lipinski definition) is 5. The van der Waals surface area contributed by atoms with Gasteiger partial charge in [-0.05, 0) is 25.0 Å². The van der Waals surface area contributed by atoms with Gasteiger partial charge in [-0.1, -0.05) is 25.1 Å². The molecule has 8 nitrogen and oxygen atoms in total. The summed E-state index contributed by atoms with van der Waals surface area (Å²) in [5.41, 5.74) is 4.42. The van der Waals surface area contributed by atoms with Crippen molar-refractivity contribution in [2.75, 3.05) is 31.6 Å². The van der Waals surface area contributed by atoms with Crippen LogP contribution in [0.3, 0.4) is 0 Å². The third-order valence-corrected chi connectivity index (χ3v) is 3.93. The average molecular weight is 360 g/mol. The Morgan fingerprint density at radius 1 is 1.19 bits per heavy atom. The fourth-order valence-corrected chi connectivity index (χ4v) is 2.52. The fourth-order valence-electron chi connectivity index (χ4n) is 2.52. The summed E-state index contributed by atoms with van der Waals surface area (Å²) in [6.45, 7) is 5.23.